The van der Waals surface area contributed by atoms with Gasteiger partial charge in [-0.25, -0.2) is 0 Å². The molecule has 0 aliphatic carbocycles. The van der Waals surface area contributed by atoms with Gasteiger partial charge in [-0.15, -0.1) is 0 Å². The van der Waals surface area contributed by atoms with Crippen LogP contribution in [0.5, 0.6) is 0 Å². The molecule has 0 atom stereocenters. The molecule has 0 unspecified atom stereocenters. The van der Waals surface area contributed by atoms with Gasteiger partial charge in [-0.1, -0.05) is 30.3 Å². The average Bonchev–Trinajstić information content (AvgIpc) is 3.37. The lowest BCUT2D eigenvalue weighted by atomic mass is 10.0. The first-order valence-corrected chi connectivity index (χ1v) is 12.4. The van der Waals surface area contributed by atoms with E-state index in [0.717, 1.165) is 54.9 Å². The van der Waals surface area contributed by atoms with Crippen LogP contribution in [0.25, 0.3) is 11.6 Å². The summed E-state index contributed by atoms with van der Waals surface area (Å²) in [6.07, 6.45) is 5.00. The lowest BCUT2D eigenvalue weighted by molar-refractivity contribution is -0.110. The first kappa shape index (κ1) is 23.6. The monoisotopic (exact) mass is 482 g/mol. The molecule has 7 nitrogen and oxygen atoms in total. The van der Waals surface area contributed by atoms with Crippen LogP contribution >= 0.6 is 0 Å². The summed E-state index contributed by atoms with van der Waals surface area (Å²) in [6.45, 7) is 5.79. The molecule has 2 aliphatic heterocycles. The average molecular weight is 483 g/mol. The number of carbonyl (C=O) groups is 3. The van der Waals surface area contributed by atoms with Crippen molar-refractivity contribution in [1.82, 2.24) is 15.2 Å². The number of rotatable bonds is 5. The lowest BCUT2D eigenvalue weighted by Gasteiger charge is -2.27. The number of hydrogen-bond acceptors (Lipinski definition) is 3. The molecule has 7 heteroatoms. The topological polar surface area (TPSA) is 94.3 Å². The van der Waals surface area contributed by atoms with E-state index >= 15 is 0 Å². The predicted octanol–water partition coefficient (Wildman–Crippen LogP) is 4.68. The third kappa shape index (κ3) is 4.56. The largest absolute Gasteiger partial charge is 0.358 e. The maximum atomic E-state index is 13.2. The van der Waals surface area contributed by atoms with E-state index in [2.05, 4.69) is 15.6 Å². The Morgan fingerprint density at radius 1 is 1.03 bits per heavy atom. The zero-order valence-corrected chi connectivity index (χ0v) is 20.6. The zero-order valence-electron chi connectivity index (χ0n) is 20.6. The van der Waals surface area contributed by atoms with Gasteiger partial charge < -0.3 is 20.5 Å². The van der Waals surface area contributed by atoms with Gasteiger partial charge >= 0.3 is 0 Å². The normalized spacial score (nSPS) is 16.1. The molecule has 36 heavy (non-hydrogen) atoms. The molecule has 1 fully saturated rings. The van der Waals surface area contributed by atoms with Crippen molar-refractivity contribution in [2.24, 2.45) is 0 Å². The van der Waals surface area contributed by atoms with Gasteiger partial charge in [-0.05, 0) is 68.5 Å². The molecule has 3 heterocycles. The third-order valence-electron chi connectivity index (χ3n) is 6.98. The Balaban J connectivity index is 1.41. The summed E-state index contributed by atoms with van der Waals surface area (Å²) in [5.74, 6) is -0.400. The van der Waals surface area contributed by atoms with Gasteiger partial charge in [-0.2, -0.15) is 0 Å². The molecular weight excluding hydrogens is 452 g/mol. The smallest absolute Gasteiger partial charge is 0.256 e. The van der Waals surface area contributed by atoms with Crippen molar-refractivity contribution >= 4 is 35.1 Å². The number of carbonyl (C=O) groups excluding carboxylic acids is 3. The quantitative estimate of drug-likeness (QED) is 0.461. The molecule has 1 aromatic heterocycles. The fourth-order valence-corrected chi connectivity index (χ4v) is 4.99. The molecule has 0 saturated carbocycles. The van der Waals surface area contributed by atoms with Crippen LogP contribution in [-0.4, -0.2) is 40.7 Å². The lowest BCUT2D eigenvalue weighted by Crippen LogP contribution is -2.36. The van der Waals surface area contributed by atoms with Gasteiger partial charge in [0.2, 0.25) is 0 Å². The zero-order chi connectivity index (χ0) is 25.2. The number of H-pyrrole nitrogens is 1. The number of nitrogens with zero attached hydrogens (tertiary/aromatic N) is 1. The third-order valence-corrected chi connectivity index (χ3v) is 6.98. The van der Waals surface area contributed by atoms with E-state index in [1.54, 1.807) is 24.3 Å². The highest BCUT2D eigenvalue weighted by Crippen LogP contribution is 2.35. The highest BCUT2D eigenvalue weighted by Gasteiger charge is 2.28. The van der Waals surface area contributed by atoms with Gasteiger partial charge in [0.1, 0.15) is 0 Å². The summed E-state index contributed by atoms with van der Waals surface area (Å²) < 4.78 is 0. The minimum Gasteiger partial charge on any atom is -0.358 e. The second kappa shape index (κ2) is 9.85. The van der Waals surface area contributed by atoms with Crippen molar-refractivity contribution in [3.05, 3.63) is 87.7 Å². The number of likely N-dealkylation sites (tertiary alicyclic amines) is 1. The Morgan fingerprint density at radius 2 is 1.78 bits per heavy atom. The first-order chi connectivity index (χ1) is 17.4. The molecule has 2 aromatic carbocycles. The van der Waals surface area contributed by atoms with Gasteiger partial charge in [0.15, 0.2) is 0 Å². The van der Waals surface area contributed by atoms with Crippen LogP contribution in [0.2, 0.25) is 0 Å². The van der Waals surface area contributed by atoms with E-state index in [1.165, 1.54) is 0 Å². The van der Waals surface area contributed by atoms with Crippen molar-refractivity contribution in [2.75, 3.05) is 18.4 Å². The van der Waals surface area contributed by atoms with Gasteiger partial charge in [0.25, 0.3) is 17.7 Å². The highest BCUT2D eigenvalue weighted by molar-refractivity contribution is 6.35. The van der Waals surface area contributed by atoms with E-state index in [-0.39, 0.29) is 17.7 Å². The summed E-state index contributed by atoms with van der Waals surface area (Å²) >= 11 is 0. The van der Waals surface area contributed by atoms with Crippen LogP contribution in [0, 0.1) is 13.8 Å². The second-order valence-corrected chi connectivity index (χ2v) is 9.46. The number of amides is 3. The van der Waals surface area contributed by atoms with Crippen molar-refractivity contribution in [3.8, 4) is 0 Å². The van der Waals surface area contributed by atoms with Crippen molar-refractivity contribution in [1.29, 1.82) is 0 Å². The fourth-order valence-electron chi connectivity index (χ4n) is 4.99. The maximum absolute atomic E-state index is 13.2. The van der Waals surface area contributed by atoms with Gasteiger partial charge in [-0.3, -0.25) is 14.4 Å². The Hall–Kier alpha value is -4.13. The molecular formula is C29H30N4O3. The van der Waals surface area contributed by atoms with Crippen LogP contribution in [0.3, 0.4) is 0 Å². The van der Waals surface area contributed by atoms with Gasteiger partial charge in [0, 0.05) is 47.8 Å². The number of piperidine rings is 1. The standard InChI is InChI=1S/C29H30N4O3/c1-18-25(31-19(2)26(18)29(36)33-13-7-4-8-14-33)16-23-22-15-21(11-12-24(22)32-28(23)35)27(34)30-17-20-9-5-3-6-10-20/h3,5-6,9-12,15-16,31H,4,7-8,13-14,17H2,1-2H3,(H,30,34)(H,32,35)/b23-16-. The van der Waals surface area contributed by atoms with E-state index in [1.807, 2.05) is 49.1 Å². The Morgan fingerprint density at radius 3 is 2.53 bits per heavy atom. The molecule has 3 N–H and O–H groups in total. The molecule has 0 spiro atoms. The van der Waals surface area contributed by atoms with Crippen LogP contribution in [0.4, 0.5) is 5.69 Å². The van der Waals surface area contributed by atoms with E-state index < -0.39 is 0 Å². The SMILES string of the molecule is Cc1[nH]c(/C=C2\C(=O)Nc3ccc(C(=O)NCc4ccccc4)cc32)c(C)c1C(=O)N1CCCCC1. The van der Waals surface area contributed by atoms with Crippen LogP contribution in [0.1, 0.15) is 68.1 Å². The first-order valence-electron chi connectivity index (χ1n) is 12.4. The number of anilines is 1. The molecule has 0 bridgehead atoms. The molecule has 184 valence electrons. The predicted molar refractivity (Wildman–Crippen MR) is 141 cm³/mol. The number of benzene rings is 2. The van der Waals surface area contributed by atoms with E-state index in [9.17, 15) is 14.4 Å². The van der Waals surface area contributed by atoms with E-state index in [0.29, 0.717) is 34.5 Å². The molecule has 0 radical (unpaired) electrons. The van der Waals surface area contributed by atoms with Crippen LogP contribution in [0.15, 0.2) is 48.5 Å². The summed E-state index contributed by atoms with van der Waals surface area (Å²) in [6, 6.07) is 14.9. The Bertz CT molecular complexity index is 1360. The van der Waals surface area contributed by atoms with Crippen LogP contribution in [-0.2, 0) is 11.3 Å². The van der Waals surface area contributed by atoms with Crippen molar-refractivity contribution in [2.45, 2.75) is 39.7 Å². The minimum absolute atomic E-state index is 0.0410. The summed E-state index contributed by atoms with van der Waals surface area (Å²) in [5, 5.41) is 5.81. The molecule has 1 saturated heterocycles. The second-order valence-electron chi connectivity index (χ2n) is 9.46. The van der Waals surface area contributed by atoms with Crippen molar-refractivity contribution < 1.29 is 14.4 Å². The molecule has 5 rings (SSSR count). The van der Waals surface area contributed by atoms with Crippen molar-refractivity contribution in [3.63, 3.8) is 0 Å². The molecule has 2 aliphatic rings. The van der Waals surface area contributed by atoms with Crippen LogP contribution < -0.4 is 10.6 Å². The minimum atomic E-state index is -0.234. The molecule has 3 amide bonds. The van der Waals surface area contributed by atoms with Gasteiger partial charge in [0.05, 0.1) is 11.1 Å². The molecule has 3 aromatic rings. The number of aromatic amines is 1. The fraction of sp³-hybridized carbons (Fsp3) is 0.276. The Labute approximate surface area is 210 Å². The summed E-state index contributed by atoms with van der Waals surface area (Å²) in [7, 11) is 0. The Kier molecular flexibility index (Phi) is 6.46. The number of aryl methyl sites for hydroxylation is 1. The highest BCUT2D eigenvalue weighted by atomic mass is 16.2. The summed E-state index contributed by atoms with van der Waals surface area (Å²) in [5.41, 5.74) is 6.31. The number of fused-ring (bicyclic) bond motifs is 1. The number of nitrogens with one attached hydrogen (secondary N) is 3. The maximum Gasteiger partial charge on any atom is 0.256 e. The van der Waals surface area contributed by atoms with E-state index in [4.69, 9.17) is 0 Å². The summed E-state index contributed by atoms with van der Waals surface area (Å²) in [4.78, 5) is 44.1. The number of hydrogen-bond donors (Lipinski definition) is 3. The number of aromatic nitrogens is 1.